The Hall–Kier alpha value is -2.39. The third kappa shape index (κ3) is 2.88. The standard InChI is InChI=1S/C18H18N2O/c1-13-5-4-7-15(9-13)20-18(12-21)17-11-19-10-14-6-2-3-8-16(14)17/h2-11,18,20-21H,12H2,1H3. The van der Waals surface area contributed by atoms with E-state index in [9.17, 15) is 5.11 Å². The summed E-state index contributed by atoms with van der Waals surface area (Å²) in [6, 6.07) is 16.1. The summed E-state index contributed by atoms with van der Waals surface area (Å²) in [5.41, 5.74) is 3.20. The molecule has 0 saturated heterocycles. The summed E-state index contributed by atoms with van der Waals surface area (Å²) in [5, 5.41) is 15.4. The number of anilines is 1. The molecule has 0 bridgehead atoms. The molecule has 3 nitrogen and oxygen atoms in total. The summed E-state index contributed by atoms with van der Waals surface area (Å²) in [4.78, 5) is 4.29. The molecule has 0 aliphatic carbocycles. The molecule has 0 aliphatic rings. The van der Waals surface area contributed by atoms with Crippen LogP contribution in [0.1, 0.15) is 17.2 Å². The van der Waals surface area contributed by atoms with Gasteiger partial charge in [0.25, 0.3) is 0 Å². The van der Waals surface area contributed by atoms with Crippen LogP contribution in [0, 0.1) is 6.92 Å². The molecule has 1 unspecified atom stereocenters. The minimum atomic E-state index is -0.176. The third-order valence-corrected chi connectivity index (χ3v) is 3.62. The van der Waals surface area contributed by atoms with Crippen LogP contribution in [-0.2, 0) is 0 Å². The van der Waals surface area contributed by atoms with E-state index in [0.29, 0.717) is 0 Å². The molecule has 0 aliphatic heterocycles. The third-order valence-electron chi connectivity index (χ3n) is 3.62. The second-order valence-corrected chi connectivity index (χ2v) is 5.20. The van der Waals surface area contributed by atoms with Crippen molar-refractivity contribution < 1.29 is 5.11 Å². The lowest BCUT2D eigenvalue weighted by atomic mass is 10.0. The van der Waals surface area contributed by atoms with Crippen molar-refractivity contribution in [2.24, 2.45) is 0 Å². The van der Waals surface area contributed by atoms with Crippen LogP contribution in [0.25, 0.3) is 10.8 Å². The minimum Gasteiger partial charge on any atom is -0.394 e. The van der Waals surface area contributed by atoms with Crippen LogP contribution in [0.3, 0.4) is 0 Å². The van der Waals surface area contributed by atoms with Crippen LogP contribution < -0.4 is 5.32 Å². The number of pyridine rings is 1. The van der Waals surface area contributed by atoms with E-state index in [2.05, 4.69) is 35.4 Å². The first-order valence-corrected chi connectivity index (χ1v) is 7.04. The zero-order valence-electron chi connectivity index (χ0n) is 12.0. The molecule has 2 aromatic carbocycles. The highest BCUT2D eigenvalue weighted by Crippen LogP contribution is 2.26. The molecule has 1 atom stereocenters. The monoisotopic (exact) mass is 278 g/mol. The average molecular weight is 278 g/mol. The molecule has 3 aromatic rings. The molecule has 1 heterocycles. The van der Waals surface area contributed by atoms with Crippen molar-refractivity contribution in [1.29, 1.82) is 0 Å². The maximum Gasteiger partial charge on any atom is 0.0765 e. The van der Waals surface area contributed by atoms with Gasteiger partial charge in [0.05, 0.1) is 12.6 Å². The Morgan fingerprint density at radius 2 is 1.95 bits per heavy atom. The number of aliphatic hydroxyl groups excluding tert-OH is 1. The van der Waals surface area contributed by atoms with Gasteiger partial charge in [-0.05, 0) is 30.0 Å². The van der Waals surface area contributed by atoms with E-state index < -0.39 is 0 Å². The van der Waals surface area contributed by atoms with Crippen LogP contribution in [0.2, 0.25) is 0 Å². The lowest BCUT2D eigenvalue weighted by molar-refractivity contribution is 0.276. The first-order valence-electron chi connectivity index (χ1n) is 7.04. The van der Waals surface area contributed by atoms with Gasteiger partial charge in [-0.25, -0.2) is 0 Å². The van der Waals surface area contributed by atoms with E-state index in [1.165, 1.54) is 5.56 Å². The predicted octanol–water partition coefficient (Wildman–Crippen LogP) is 3.69. The zero-order valence-corrected chi connectivity index (χ0v) is 12.0. The fourth-order valence-electron chi connectivity index (χ4n) is 2.58. The van der Waals surface area contributed by atoms with Gasteiger partial charge in [-0.2, -0.15) is 0 Å². The van der Waals surface area contributed by atoms with Crippen molar-refractivity contribution in [3.8, 4) is 0 Å². The Bertz CT molecular complexity index is 750. The molecule has 0 amide bonds. The molecule has 3 heteroatoms. The molecule has 2 N–H and O–H groups in total. The predicted molar refractivity (Wildman–Crippen MR) is 86.4 cm³/mol. The molecular formula is C18H18N2O. The first kappa shape index (κ1) is 13.6. The highest BCUT2D eigenvalue weighted by atomic mass is 16.3. The van der Waals surface area contributed by atoms with Gasteiger partial charge in [0.2, 0.25) is 0 Å². The minimum absolute atomic E-state index is 0.0175. The van der Waals surface area contributed by atoms with E-state index in [0.717, 1.165) is 22.0 Å². The maximum absolute atomic E-state index is 9.78. The molecule has 0 saturated carbocycles. The number of aryl methyl sites for hydroxylation is 1. The van der Waals surface area contributed by atoms with Gasteiger partial charge in [-0.1, -0.05) is 36.4 Å². The van der Waals surface area contributed by atoms with Crippen LogP contribution in [0.5, 0.6) is 0 Å². The number of aromatic nitrogens is 1. The molecule has 0 spiro atoms. The number of nitrogens with one attached hydrogen (secondary N) is 1. The van der Waals surface area contributed by atoms with E-state index in [1.54, 1.807) is 0 Å². The van der Waals surface area contributed by atoms with Crippen LogP contribution >= 0.6 is 0 Å². The highest BCUT2D eigenvalue weighted by Gasteiger charge is 2.13. The number of benzene rings is 2. The summed E-state index contributed by atoms with van der Waals surface area (Å²) in [7, 11) is 0. The van der Waals surface area contributed by atoms with Crippen molar-refractivity contribution in [2.75, 3.05) is 11.9 Å². The smallest absolute Gasteiger partial charge is 0.0765 e. The van der Waals surface area contributed by atoms with Gasteiger partial charge in [0.1, 0.15) is 0 Å². The lowest BCUT2D eigenvalue weighted by Crippen LogP contribution is -2.15. The molecule has 21 heavy (non-hydrogen) atoms. The molecule has 0 radical (unpaired) electrons. The Balaban J connectivity index is 1.98. The number of hydrogen-bond acceptors (Lipinski definition) is 3. The zero-order chi connectivity index (χ0) is 14.7. The number of hydrogen-bond donors (Lipinski definition) is 2. The summed E-state index contributed by atoms with van der Waals surface area (Å²) in [5.74, 6) is 0. The van der Waals surface area contributed by atoms with E-state index in [4.69, 9.17) is 0 Å². The van der Waals surface area contributed by atoms with Crippen LogP contribution in [0.15, 0.2) is 60.9 Å². The van der Waals surface area contributed by atoms with E-state index in [1.807, 2.05) is 42.7 Å². The fraction of sp³-hybridized carbons (Fsp3) is 0.167. The summed E-state index contributed by atoms with van der Waals surface area (Å²) >= 11 is 0. The molecule has 0 fully saturated rings. The fourth-order valence-corrected chi connectivity index (χ4v) is 2.58. The SMILES string of the molecule is Cc1cccc(NC(CO)c2cncc3ccccc23)c1. The molecule has 3 rings (SSSR count). The Morgan fingerprint density at radius 3 is 2.76 bits per heavy atom. The summed E-state index contributed by atoms with van der Waals surface area (Å²) in [6.45, 7) is 2.07. The van der Waals surface area contributed by atoms with Gasteiger partial charge in [-0.3, -0.25) is 4.98 Å². The number of fused-ring (bicyclic) bond motifs is 1. The second kappa shape index (κ2) is 5.94. The Labute approximate surface area is 124 Å². The van der Waals surface area contributed by atoms with Gasteiger partial charge >= 0.3 is 0 Å². The molecule has 106 valence electrons. The number of nitrogens with zero attached hydrogens (tertiary/aromatic N) is 1. The van der Waals surface area contributed by atoms with E-state index in [-0.39, 0.29) is 12.6 Å². The Kier molecular flexibility index (Phi) is 3.84. The summed E-state index contributed by atoms with van der Waals surface area (Å²) in [6.07, 6.45) is 3.67. The van der Waals surface area contributed by atoms with E-state index >= 15 is 0 Å². The first-order chi connectivity index (χ1) is 10.3. The molecular weight excluding hydrogens is 260 g/mol. The van der Waals surface area contributed by atoms with Crippen molar-refractivity contribution in [3.05, 3.63) is 72.1 Å². The largest absolute Gasteiger partial charge is 0.394 e. The highest BCUT2D eigenvalue weighted by molar-refractivity contribution is 5.85. The Morgan fingerprint density at radius 1 is 1.10 bits per heavy atom. The maximum atomic E-state index is 9.78. The summed E-state index contributed by atoms with van der Waals surface area (Å²) < 4.78 is 0. The quantitative estimate of drug-likeness (QED) is 0.765. The van der Waals surface area contributed by atoms with Crippen LogP contribution in [0.4, 0.5) is 5.69 Å². The van der Waals surface area contributed by atoms with Crippen molar-refractivity contribution in [1.82, 2.24) is 4.98 Å². The molecule has 1 aromatic heterocycles. The van der Waals surface area contributed by atoms with Gasteiger partial charge in [0, 0.05) is 29.0 Å². The lowest BCUT2D eigenvalue weighted by Gasteiger charge is -2.19. The number of aliphatic hydroxyl groups is 1. The van der Waals surface area contributed by atoms with Crippen molar-refractivity contribution in [2.45, 2.75) is 13.0 Å². The second-order valence-electron chi connectivity index (χ2n) is 5.20. The average Bonchev–Trinajstić information content (AvgIpc) is 2.52. The van der Waals surface area contributed by atoms with Gasteiger partial charge < -0.3 is 10.4 Å². The van der Waals surface area contributed by atoms with Crippen molar-refractivity contribution >= 4 is 16.5 Å². The van der Waals surface area contributed by atoms with Crippen molar-refractivity contribution in [3.63, 3.8) is 0 Å². The van der Waals surface area contributed by atoms with Crippen LogP contribution in [-0.4, -0.2) is 16.7 Å². The normalized spacial score (nSPS) is 12.3. The van der Waals surface area contributed by atoms with Gasteiger partial charge in [-0.15, -0.1) is 0 Å². The van der Waals surface area contributed by atoms with Gasteiger partial charge in [0.15, 0.2) is 0 Å². The number of rotatable bonds is 4. The topological polar surface area (TPSA) is 45.1 Å².